The van der Waals surface area contributed by atoms with E-state index in [-0.39, 0.29) is 5.60 Å². The van der Waals surface area contributed by atoms with Crippen LogP contribution in [0.3, 0.4) is 0 Å². The molecule has 1 aromatic carbocycles. The van der Waals surface area contributed by atoms with Crippen molar-refractivity contribution in [2.24, 2.45) is 0 Å². The van der Waals surface area contributed by atoms with Crippen molar-refractivity contribution in [1.82, 2.24) is 20.2 Å². The highest BCUT2D eigenvalue weighted by atomic mass is 32.1. The fraction of sp³-hybridized carbons (Fsp3) is 0.267. The van der Waals surface area contributed by atoms with Gasteiger partial charge in [0, 0.05) is 11.5 Å². The van der Waals surface area contributed by atoms with Crippen LogP contribution in [0.1, 0.15) is 19.8 Å². The number of ether oxygens (including phenoxy) is 1. The molecule has 0 saturated heterocycles. The third-order valence-electron chi connectivity index (χ3n) is 3.79. The highest BCUT2D eigenvalue weighted by molar-refractivity contribution is 7.71. The molecule has 2 aromatic heterocycles. The van der Waals surface area contributed by atoms with Gasteiger partial charge in [-0.3, -0.25) is 5.10 Å². The summed E-state index contributed by atoms with van der Waals surface area (Å²) >= 11 is 5.11. The summed E-state index contributed by atoms with van der Waals surface area (Å²) < 4.78 is 6.56. The number of H-pyrrole nitrogens is 2. The third-order valence-corrected chi connectivity index (χ3v) is 4.01. The maximum absolute atomic E-state index is 6.02. The highest BCUT2D eigenvalue weighted by Gasteiger charge is 2.40. The van der Waals surface area contributed by atoms with Gasteiger partial charge in [0.1, 0.15) is 21.7 Å². The zero-order valence-electron chi connectivity index (χ0n) is 11.5. The Morgan fingerprint density at radius 1 is 1.29 bits per heavy atom. The molecule has 21 heavy (non-hydrogen) atoms. The molecule has 5 nitrogen and oxygen atoms in total. The average Bonchev–Trinajstić information content (AvgIpc) is 3.04. The Balaban J connectivity index is 1.82. The largest absolute Gasteiger partial charge is 0.488 e. The van der Waals surface area contributed by atoms with E-state index >= 15 is 0 Å². The Bertz CT molecular complexity index is 879. The van der Waals surface area contributed by atoms with Gasteiger partial charge in [-0.2, -0.15) is 5.10 Å². The van der Waals surface area contributed by atoms with Crippen LogP contribution in [-0.2, 0) is 0 Å². The molecule has 106 valence electrons. The van der Waals surface area contributed by atoms with Crippen molar-refractivity contribution in [3.05, 3.63) is 35.2 Å². The minimum atomic E-state index is 0.00809. The van der Waals surface area contributed by atoms with E-state index in [1.54, 1.807) is 12.4 Å². The summed E-state index contributed by atoms with van der Waals surface area (Å²) in [6, 6.07) is 7.79. The van der Waals surface area contributed by atoms with Crippen molar-refractivity contribution < 1.29 is 4.74 Å². The maximum Gasteiger partial charge on any atom is 0.130 e. The summed E-state index contributed by atoms with van der Waals surface area (Å²) in [5.74, 6) is 0.873. The first-order valence-corrected chi connectivity index (χ1v) is 7.26. The Hall–Kier alpha value is -2.21. The van der Waals surface area contributed by atoms with Gasteiger partial charge in [-0.15, -0.1) is 0 Å². The molecule has 1 aliphatic rings. The van der Waals surface area contributed by atoms with Gasteiger partial charge in [-0.1, -0.05) is 12.2 Å². The summed E-state index contributed by atoms with van der Waals surface area (Å²) in [4.78, 5) is 7.08. The second-order valence-electron chi connectivity index (χ2n) is 5.63. The predicted octanol–water partition coefficient (Wildman–Crippen LogP) is 3.61. The van der Waals surface area contributed by atoms with Gasteiger partial charge < -0.3 is 9.72 Å². The summed E-state index contributed by atoms with van der Waals surface area (Å²) in [5.41, 5.74) is 2.64. The topological polar surface area (TPSA) is 66.6 Å². The standard InChI is InChI=1S/C15H14N4OS/c1-15(4-5-15)20-9-2-3-11-10(6-9)14(19-18-11)12-7-13(21)17-8-16-12/h2-3,6-8H,4-5H2,1H3,(H,18,19)(H,16,17,21). The number of aromatic amines is 2. The van der Waals surface area contributed by atoms with Crippen molar-refractivity contribution in [3.63, 3.8) is 0 Å². The zero-order valence-corrected chi connectivity index (χ0v) is 12.3. The van der Waals surface area contributed by atoms with Gasteiger partial charge in [0.25, 0.3) is 0 Å². The van der Waals surface area contributed by atoms with E-state index in [0.29, 0.717) is 4.64 Å². The normalized spacial score (nSPS) is 16.0. The first kappa shape index (κ1) is 12.5. The number of aromatic nitrogens is 4. The fourth-order valence-electron chi connectivity index (χ4n) is 2.33. The van der Waals surface area contributed by atoms with Gasteiger partial charge in [0.05, 0.1) is 17.5 Å². The van der Waals surface area contributed by atoms with E-state index in [2.05, 4.69) is 27.1 Å². The summed E-state index contributed by atoms with van der Waals surface area (Å²) in [6.07, 6.45) is 3.81. The van der Waals surface area contributed by atoms with E-state index in [4.69, 9.17) is 17.0 Å². The first-order chi connectivity index (χ1) is 10.1. The van der Waals surface area contributed by atoms with E-state index in [1.165, 1.54) is 0 Å². The molecule has 1 fully saturated rings. The number of nitrogens with one attached hydrogen (secondary N) is 2. The molecule has 0 unspecified atom stereocenters. The molecule has 1 saturated carbocycles. The van der Waals surface area contributed by atoms with Crippen molar-refractivity contribution in [3.8, 4) is 17.1 Å². The van der Waals surface area contributed by atoms with Crippen molar-refractivity contribution in [2.75, 3.05) is 0 Å². The average molecular weight is 298 g/mol. The van der Waals surface area contributed by atoms with Crippen LogP contribution in [0.25, 0.3) is 22.3 Å². The molecule has 0 amide bonds. The molecule has 0 atom stereocenters. The van der Waals surface area contributed by atoms with Gasteiger partial charge in [0.15, 0.2) is 0 Å². The lowest BCUT2D eigenvalue weighted by atomic mass is 10.1. The van der Waals surface area contributed by atoms with E-state index < -0.39 is 0 Å². The van der Waals surface area contributed by atoms with E-state index in [9.17, 15) is 0 Å². The lowest BCUT2D eigenvalue weighted by molar-refractivity contribution is 0.200. The molecular weight excluding hydrogens is 284 g/mol. The number of hydrogen-bond acceptors (Lipinski definition) is 4. The van der Waals surface area contributed by atoms with Crippen LogP contribution in [-0.4, -0.2) is 25.8 Å². The SMILES string of the molecule is CC1(Oc2ccc3[nH]nc(-c4cc(=S)nc[nH]4)c3c2)CC1. The van der Waals surface area contributed by atoms with Crippen LogP contribution in [0, 0.1) is 4.64 Å². The molecule has 0 radical (unpaired) electrons. The number of fused-ring (bicyclic) bond motifs is 1. The summed E-state index contributed by atoms with van der Waals surface area (Å²) in [6.45, 7) is 2.13. The number of rotatable bonds is 3. The van der Waals surface area contributed by atoms with Crippen LogP contribution >= 0.6 is 12.2 Å². The van der Waals surface area contributed by atoms with E-state index in [0.717, 1.165) is 40.9 Å². The van der Waals surface area contributed by atoms with E-state index in [1.807, 2.05) is 18.2 Å². The second-order valence-corrected chi connectivity index (χ2v) is 6.05. The van der Waals surface area contributed by atoms with Crippen molar-refractivity contribution in [1.29, 1.82) is 0 Å². The van der Waals surface area contributed by atoms with Gasteiger partial charge in [-0.25, -0.2) is 4.98 Å². The lowest BCUT2D eigenvalue weighted by Gasteiger charge is -2.12. The zero-order chi connectivity index (χ0) is 14.4. The maximum atomic E-state index is 6.02. The Morgan fingerprint density at radius 3 is 2.90 bits per heavy atom. The molecule has 3 aromatic rings. The smallest absolute Gasteiger partial charge is 0.130 e. The van der Waals surface area contributed by atoms with Crippen LogP contribution < -0.4 is 4.74 Å². The predicted molar refractivity (Wildman–Crippen MR) is 82.8 cm³/mol. The quantitative estimate of drug-likeness (QED) is 0.725. The first-order valence-electron chi connectivity index (χ1n) is 6.85. The minimum absolute atomic E-state index is 0.00809. The monoisotopic (exact) mass is 298 g/mol. The van der Waals surface area contributed by atoms with Crippen molar-refractivity contribution in [2.45, 2.75) is 25.4 Å². The molecule has 6 heteroatoms. The molecular formula is C15H14N4OS. The number of nitrogens with zero attached hydrogens (tertiary/aromatic N) is 2. The number of hydrogen-bond donors (Lipinski definition) is 2. The molecule has 2 N–H and O–H groups in total. The van der Waals surface area contributed by atoms with Gasteiger partial charge >= 0.3 is 0 Å². The summed E-state index contributed by atoms with van der Waals surface area (Å²) in [7, 11) is 0. The van der Waals surface area contributed by atoms with Crippen LogP contribution in [0.15, 0.2) is 30.6 Å². The third kappa shape index (κ3) is 2.31. The molecule has 2 heterocycles. The second kappa shape index (κ2) is 4.39. The minimum Gasteiger partial charge on any atom is -0.488 e. The molecule has 0 aliphatic heterocycles. The van der Waals surface area contributed by atoms with Crippen LogP contribution in [0.2, 0.25) is 0 Å². The van der Waals surface area contributed by atoms with Crippen molar-refractivity contribution >= 4 is 23.1 Å². The van der Waals surface area contributed by atoms with Gasteiger partial charge in [-0.05, 0) is 38.0 Å². The van der Waals surface area contributed by atoms with Crippen LogP contribution in [0.5, 0.6) is 5.75 Å². The molecule has 4 rings (SSSR count). The Kier molecular flexibility index (Phi) is 2.62. The Morgan fingerprint density at radius 2 is 2.14 bits per heavy atom. The summed E-state index contributed by atoms with van der Waals surface area (Å²) in [5, 5.41) is 8.41. The number of benzene rings is 1. The molecule has 0 bridgehead atoms. The van der Waals surface area contributed by atoms with Crippen LogP contribution in [0.4, 0.5) is 0 Å². The molecule has 0 spiro atoms. The highest BCUT2D eigenvalue weighted by Crippen LogP contribution is 2.40. The van der Waals surface area contributed by atoms with Gasteiger partial charge in [0.2, 0.25) is 0 Å². The lowest BCUT2D eigenvalue weighted by Crippen LogP contribution is -2.11. The Labute approximate surface area is 126 Å². The molecule has 1 aliphatic carbocycles. The fourth-order valence-corrected chi connectivity index (χ4v) is 2.50.